The van der Waals surface area contributed by atoms with Gasteiger partial charge in [-0.2, -0.15) is 9.97 Å². The summed E-state index contributed by atoms with van der Waals surface area (Å²) in [5.41, 5.74) is 5.87. The molecule has 1 aromatic heterocycles. The predicted octanol–water partition coefficient (Wildman–Crippen LogP) is 0.929. The van der Waals surface area contributed by atoms with Crippen molar-refractivity contribution < 1.29 is 9.47 Å². The molecule has 16 heavy (non-hydrogen) atoms. The molecule has 0 unspecified atom stereocenters. The van der Waals surface area contributed by atoms with Gasteiger partial charge in [0.1, 0.15) is 6.33 Å². The third-order valence-corrected chi connectivity index (χ3v) is 1.69. The zero-order valence-corrected chi connectivity index (χ0v) is 10.0. The molecule has 3 N–H and O–H groups in total. The molecule has 0 amide bonds. The van der Waals surface area contributed by atoms with Gasteiger partial charge in [0.2, 0.25) is 11.8 Å². The maximum atomic E-state index is 5.41. The van der Waals surface area contributed by atoms with Crippen molar-refractivity contribution in [3.63, 3.8) is 0 Å². The molecule has 0 radical (unpaired) electrons. The summed E-state index contributed by atoms with van der Waals surface area (Å²) in [6.07, 6.45) is 1.36. The Hall–Kier alpha value is -1.63. The Morgan fingerprint density at radius 3 is 2.19 bits per heavy atom. The van der Waals surface area contributed by atoms with Crippen LogP contribution in [0.5, 0.6) is 11.8 Å². The lowest BCUT2D eigenvalue weighted by atomic mass is 10.4. The van der Waals surface area contributed by atoms with Crippen LogP contribution in [0.1, 0.15) is 13.8 Å². The summed E-state index contributed by atoms with van der Waals surface area (Å²) in [6.45, 7) is 4.67. The predicted molar refractivity (Wildman–Crippen MR) is 64.8 cm³/mol. The van der Waals surface area contributed by atoms with Crippen LogP contribution < -0.4 is 20.5 Å². The minimum absolute atomic E-state index is 0.108. The van der Waals surface area contributed by atoms with E-state index in [1.807, 2.05) is 13.8 Å². The van der Waals surface area contributed by atoms with E-state index in [1.54, 1.807) is 0 Å². The van der Waals surface area contributed by atoms with Gasteiger partial charge in [-0.05, 0) is 26.1 Å². The van der Waals surface area contributed by atoms with E-state index in [0.717, 1.165) is 0 Å². The molecule has 0 spiro atoms. The zero-order chi connectivity index (χ0) is 12.0. The summed E-state index contributed by atoms with van der Waals surface area (Å²) in [7, 11) is 0. The smallest absolute Gasteiger partial charge is 0.245 e. The normalized spacial score (nSPS) is 9.62. The highest BCUT2D eigenvalue weighted by Crippen LogP contribution is 2.30. The average Bonchev–Trinajstić information content (AvgIpc) is 2.23. The summed E-state index contributed by atoms with van der Waals surface area (Å²) in [4.78, 5) is 7.95. The van der Waals surface area contributed by atoms with E-state index >= 15 is 0 Å². The van der Waals surface area contributed by atoms with Crippen molar-refractivity contribution in [1.29, 1.82) is 0 Å². The van der Waals surface area contributed by atoms with Gasteiger partial charge < -0.3 is 20.5 Å². The summed E-state index contributed by atoms with van der Waals surface area (Å²) in [6, 6.07) is 0. The highest BCUT2D eigenvalue weighted by Gasteiger charge is 2.13. The van der Waals surface area contributed by atoms with Crippen LogP contribution in [0.2, 0.25) is 0 Å². The first-order chi connectivity index (χ1) is 7.69. The number of rotatable bonds is 5. The minimum atomic E-state index is 0.108. The van der Waals surface area contributed by atoms with Crippen LogP contribution in [0.25, 0.3) is 0 Å². The first-order valence-electron chi connectivity index (χ1n) is 4.86. The SMILES string of the molecule is CCOc1ncnc(OCC)c1NC(N)=S. The fourth-order valence-electron chi connectivity index (χ4n) is 1.08. The Bertz CT molecular complexity index is 348. The van der Waals surface area contributed by atoms with Gasteiger partial charge in [0.15, 0.2) is 10.8 Å². The molecule has 0 bridgehead atoms. The zero-order valence-electron chi connectivity index (χ0n) is 9.19. The van der Waals surface area contributed by atoms with E-state index in [2.05, 4.69) is 15.3 Å². The second kappa shape index (κ2) is 6.06. The third-order valence-electron chi connectivity index (χ3n) is 1.59. The van der Waals surface area contributed by atoms with E-state index in [1.165, 1.54) is 6.33 Å². The van der Waals surface area contributed by atoms with Gasteiger partial charge in [0.05, 0.1) is 13.2 Å². The van der Waals surface area contributed by atoms with Crippen molar-refractivity contribution in [3.8, 4) is 11.8 Å². The molecule has 1 heterocycles. The number of nitrogens with two attached hydrogens (primary N) is 1. The van der Waals surface area contributed by atoms with Crippen molar-refractivity contribution in [2.75, 3.05) is 18.5 Å². The van der Waals surface area contributed by atoms with Gasteiger partial charge in [0.25, 0.3) is 0 Å². The van der Waals surface area contributed by atoms with Gasteiger partial charge in [-0.1, -0.05) is 0 Å². The van der Waals surface area contributed by atoms with Crippen LogP contribution in [0.15, 0.2) is 6.33 Å². The van der Waals surface area contributed by atoms with Crippen LogP contribution in [-0.4, -0.2) is 28.3 Å². The molecule has 0 saturated carbocycles. The largest absolute Gasteiger partial charge is 0.476 e. The number of aromatic nitrogens is 2. The summed E-state index contributed by atoms with van der Waals surface area (Å²) < 4.78 is 10.6. The standard InChI is InChI=1S/C9H14N4O2S/c1-3-14-7-6(13-9(10)16)8(15-4-2)12-5-11-7/h5H,3-4H2,1-2H3,(H3,10,13,16). The van der Waals surface area contributed by atoms with Crippen LogP contribution in [0, 0.1) is 0 Å². The molecule has 6 nitrogen and oxygen atoms in total. The monoisotopic (exact) mass is 242 g/mol. The maximum absolute atomic E-state index is 5.41. The molecule has 7 heteroatoms. The van der Waals surface area contributed by atoms with E-state index in [-0.39, 0.29) is 5.11 Å². The van der Waals surface area contributed by atoms with Crippen molar-refractivity contribution in [3.05, 3.63) is 6.33 Å². The number of thiocarbonyl (C=S) groups is 1. The second-order valence-corrected chi connectivity index (χ2v) is 3.15. The lowest BCUT2D eigenvalue weighted by Crippen LogP contribution is -2.21. The molecule has 0 aliphatic rings. The fourth-order valence-corrected chi connectivity index (χ4v) is 1.18. The van der Waals surface area contributed by atoms with Crippen molar-refractivity contribution in [1.82, 2.24) is 9.97 Å². The third kappa shape index (κ3) is 3.20. The fraction of sp³-hybridized carbons (Fsp3) is 0.444. The molecule has 0 aliphatic heterocycles. The number of nitrogens with zero attached hydrogens (tertiary/aromatic N) is 2. The first-order valence-corrected chi connectivity index (χ1v) is 5.26. The van der Waals surface area contributed by atoms with Crippen molar-refractivity contribution >= 4 is 23.0 Å². The molecule has 88 valence electrons. The summed E-state index contributed by atoms with van der Waals surface area (Å²) in [5.74, 6) is 0.738. The molecular formula is C9H14N4O2S. The molecule has 1 aromatic rings. The molecular weight excluding hydrogens is 228 g/mol. The van der Waals surface area contributed by atoms with Crippen molar-refractivity contribution in [2.24, 2.45) is 5.73 Å². The van der Waals surface area contributed by atoms with E-state index in [9.17, 15) is 0 Å². The average molecular weight is 242 g/mol. The van der Waals surface area contributed by atoms with Crippen LogP contribution in [-0.2, 0) is 0 Å². The molecule has 0 aliphatic carbocycles. The topological polar surface area (TPSA) is 82.3 Å². The summed E-state index contributed by atoms with van der Waals surface area (Å²) in [5, 5.41) is 2.85. The Kier molecular flexibility index (Phi) is 4.71. The Labute approximate surface area is 99.2 Å². The van der Waals surface area contributed by atoms with Gasteiger partial charge in [-0.15, -0.1) is 0 Å². The van der Waals surface area contributed by atoms with Crippen LogP contribution in [0.3, 0.4) is 0 Å². The number of ether oxygens (including phenoxy) is 2. The quantitative estimate of drug-likeness (QED) is 0.743. The highest BCUT2D eigenvalue weighted by molar-refractivity contribution is 7.80. The number of hydrogen-bond acceptors (Lipinski definition) is 5. The maximum Gasteiger partial charge on any atom is 0.245 e. The van der Waals surface area contributed by atoms with E-state index < -0.39 is 0 Å². The highest BCUT2D eigenvalue weighted by atomic mass is 32.1. The number of hydrogen-bond donors (Lipinski definition) is 2. The van der Waals surface area contributed by atoms with Crippen LogP contribution in [0.4, 0.5) is 5.69 Å². The first kappa shape index (κ1) is 12.4. The Balaban J connectivity index is 3.06. The second-order valence-electron chi connectivity index (χ2n) is 2.71. The number of anilines is 1. The van der Waals surface area contributed by atoms with E-state index in [0.29, 0.717) is 30.7 Å². The minimum Gasteiger partial charge on any atom is -0.476 e. The van der Waals surface area contributed by atoms with Gasteiger partial charge >= 0.3 is 0 Å². The molecule has 0 atom stereocenters. The molecule has 0 saturated heterocycles. The molecule has 1 rings (SSSR count). The summed E-state index contributed by atoms with van der Waals surface area (Å²) >= 11 is 4.77. The van der Waals surface area contributed by atoms with Gasteiger partial charge in [-0.3, -0.25) is 0 Å². The lowest BCUT2D eigenvalue weighted by molar-refractivity contribution is 0.309. The molecule has 0 aromatic carbocycles. The van der Waals surface area contributed by atoms with Gasteiger partial charge in [0, 0.05) is 0 Å². The molecule has 0 fully saturated rings. The van der Waals surface area contributed by atoms with E-state index in [4.69, 9.17) is 27.4 Å². The Morgan fingerprint density at radius 2 is 1.81 bits per heavy atom. The van der Waals surface area contributed by atoms with Crippen molar-refractivity contribution in [2.45, 2.75) is 13.8 Å². The lowest BCUT2D eigenvalue weighted by Gasteiger charge is -2.13. The number of nitrogens with one attached hydrogen (secondary N) is 1. The van der Waals surface area contributed by atoms with Crippen LogP contribution >= 0.6 is 12.2 Å². The van der Waals surface area contributed by atoms with Gasteiger partial charge in [-0.25, -0.2) is 0 Å². The Morgan fingerprint density at radius 1 is 1.31 bits per heavy atom.